The van der Waals surface area contributed by atoms with Gasteiger partial charge in [-0.05, 0) is 31.2 Å². The van der Waals surface area contributed by atoms with Crippen LogP contribution < -0.4 is 0 Å². The van der Waals surface area contributed by atoms with Crippen molar-refractivity contribution in [2.75, 3.05) is 13.1 Å². The first-order valence-corrected chi connectivity index (χ1v) is 8.01. The third-order valence-electron chi connectivity index (χ3n) is 4.38. The van der Waals surface area contributed by atoms with E-state index in [4.69, 9.17) is 4.74 Å². The number of carbonyl (C=O) groups excluding carboxylic acids is 1. The van der Waals surface area contributed by atoms with Gasteiger partial charge < -0.3 is 4.74 Å². The van der Waals surface area contributed by atoms with Crippen molar-refractivity contribution in [3.63, 3.8) is 0 Å². The highest BCUT2D eigenvalue weighted by molar-refractivity contribution is 5.72. The Hall–Kier alpha value is -1.35. The maximum absolute atomic E-state index is 12.1. The van der Waals surface area contributed by atoms with Gasteiger partial charge in [0, 0.05) is 19.1 Å². The largest absolute Gasteiger partial charge is 0.461 e. The molecule has 3 nitrogen and oxygen atoms in total. The Kier molecular flexibility index (Phi) is 5.80. The average Bonchev–Trinajstić information content (AvgIpc) is 2.49. The van der Waals surface area contributed by atoms with E-state index in [1.54, 1.807) is 0 Å². The van der Waals surface area contributed by atoms with Crippen LogP contribution in [-0.2, 0) is 16.1 Å². The van der Waals surface area contributed by atoms with Crippen LogP contribution in [0.3, 0.4) is 0 Å². The number of rotatable bonds is 5. The summed E-state index contributed by atoms with van der Waals surface area (Å²) in [5.74, 6) is 0.569. The fourth-order valence-electron chi connectivity index (χ4n) is 2.93. The molecule has 1 saturated heterocycles. The summed E-state index contributed by atoms with van der Waals surface area (Å²) < 4.78 is 5.43. The van der Waals surface area contributed by atoms with Crippen molar-refractivity contribution in [2.45, 2.75) is 46.3 Å². The third kappa shape index (κ3) is 4.85. The minimum atomic E-state index is -0.0933. The normalized spacial score (nSPS) is 24.5. The van der Waals surface area contributed by atoms with Gasteiger partial charge in [-0.2, -0.15) is 0 Å². The van der Waals surface area contributed by atoms with Crippen LogP contribution in [0.4, 0.5) is 0 Å². The van der Waals surface area contributed by atoms with E-state index in [-0.39, 0.29) is 11.9 Å². The van der Waals surface area contributed by atoms with Crippen LogP contribution in [0.1, 0.15) is 39.2 Å². The number of hydrogen-bond acceptors (Lipinski definition) is 3. The molecule has 1 aliphatic rings. The molecule has 21 heavy (non-hydrogen) atoms. The molecule has 1 aromatic carbocycles. The van der Waals surface area contributed by atoms with E-state index in [9.17, 15) is 4.79 Å². The van der Waals surface area contributed by atoms with E-state index in [1.807, 2.05) is 37.3 Å². The summed E-state index contributed by atoms with van der Waals surface area (Å²) in [6.45, 7) is 8.79. The van der Waals surface area contributed by atoms with E-state index in [0.29, 0.717) is 12.6 Å². The molecule has 0 saturated carbocycles. The number of nitrogens with zero attached hydrogens (tertiary/aromatic N) is 1. The summed E-state index contributed by atoms with van der Waals surface area (Å²) in [5.41, 5.74) is 1.04. The van der Waals surface area contributed by atoms with Gasteiger partial charge in [-0.1, -0.05) is 44.2 Å². The summed E-state index contributed by atoms with van der Waals surface area (Å²) >= 11 is 0. The quantitative estimate of drug-likeness (QED) is 0.777. The smallest absolute Gasteiger partial charge is 0.310 e. The molecule has 3 heteroatoms. The van der Waals surface area contributed by atoms with E-state index < -0.39 is 0 Å². The summed E-state index contributed by atoms with van der Waals surface area (Å²) in [7, 11) is 0. The molecule has 2 rings (SSSR count). The lowest BCUT2D eigenvalue weighted by molar-refractivity contribution is -0.150. The molecule has 1 heterocycles. The predicted molar refractivity (Wildman–Crippen MR) is 84.8 cm³/mol. The van der Waals surface area contributed by atoms with Gasteiger partial charge in [0.2, 0.25) is 0 Å². The minimum absolute atomic E-state index is 0.0681. The molecular formula is C18H27NO2. The van der Waals surface area contributed by atoms with Crippen molar-refractivity contribution in [3.8, 4) is 0 Å². The number of carbonyl (C=O) groups is 1. The fourth-order valence-corrected chi connectivity index (χ4v) is 2.93. The second-order valence-electron chi connectivity index (χ2n) is 6.48. The second kappa shape index (κ2) is 7.60. The highest BCUT2D eigenvalue weighted by atomic mass is 16.5. The number of piperidine rings is 1. The van der Waals surface area contributed by atoms with Crippen LogP contribution in [0, 0.1) is 11.8 Å². The highest BCUT2D eigenvalue weighted by Crippen LogP contribution is 2.22. The standard InChI is InChI=1S/C18H27NO2/c1-14-9-10-16(3)19(11-14)12-15(2)18(20)21-13-17-7-5-4-6-8-17/h4-8,14-16H,9-13H2,1-3H3. The molecule has 3 atom stereocenters. The van der Waals surface area contributed by atoms with Crippen LogP contribution in [0.2, 0.25) is 0 Å². The summed E-state index contributed by atoms with van der Waals surface area (Å²) in [5, 5.41) is 0. The molecular weight excluding hydrogens is 262 g/mol. The zero-order valence-electron chi connectivity index (χ0n) is 13.4. The molecule has 3 unspecified atom stereocenters. The molecule has 0 radical (unpaired) electrons. The Morgan fingerprint density at radius 1 is 1.29 bits per heavy atom. The fraction of sp³-hybridized carbons (Fsp3) is 0.611. The van der Waals surface area contributed by atoms with E-state index in [0.717, 1.165) is 24.6 Å². The topological polar surface area (TPSA) is 29.5 Å². The first kappa shape index (κ1) is 16.0. The van der Waals surface area contributed by atoms with Gasteiger partial charge >= 0.3 is 5.97 Å². The predicted octanol–water partition coefficient (Wildman–Crippen LogP) is 3.49. The lowest BCUT2D eigenvalue weighted by Gasteiger charge is -2.37. The molecule has 0 aliphatic carbocycles. The van der Waals surface area contributed by atoms with Crippen molar-refractivity contribution >= 4 is 5.97 Å². The first-order chi connectivity index (χ1) is 10.1. The van der Waals surface area contributed by atoms with Gasteiger partial charge in [-0.15, -0.1) is 0 Å². The van der Waals surface area contributed by atoms with Crippen molar-refractivity contribution in [1.82, 2.24) is 4.90 Å². The molecule has 1 aliphatic heterocycles. The Labute approximate surface area is 128 Å². The van der Waals surface area contributed by atoms with Crippen LogP contribution in [0.5, 0.6) is 0 Å². The Balaban J connectivity index is 1.79. The maximum Gasteiger partial charge on any atom is 0.310 e. The Bertz CT molecular complexity index is 446. The van der Waals surface area contributed by atoms with Crippen LogP contribution in [0.25, 0.3) is 0 Å². The number of esters is 1. The molecule has 0 N–H and O–H groups in total. The maximum atomic E-state index is 12.1. The Morgan fingerprint density at radius 3 is 2.71 bits per heavy atom. The average molecular weight is 289 g/mol. The molecule has 0 bridgehead atoms. The van der Waals surface area contributed by atoms with E-state index in [1.165, 1.54) is 12.8 Å². The molecule has 116 valence electrons. The summed E-state index contributed by atoms with van der Waals surface area (Å²) in [4.78, 5) is 14.6. The van der Waals surface area contributed by atoms with Crippen molar-refractivity contribution in [2.24, 2.45) is 11.8 Å². The van der Waals surface area contributed by atoms with Crippen molar-refractivity contribution in [3.05, 3.63) is 35.9 Å². The SMILES string of the molecule is CC1CCC(C)N(CC(C)C(=O)OCc2ccccc2)C1. The molecule has 0 spiro atoms. The molecule has 1 aromatic rings. The molecule has 0 aromatic heterocycles. The number of ether oxygens (including phenoxy) is 1. The Morgan fingerprint density at radius 2 is 2.00 bits per heavy atom. The highest BCUT2D eigenvalue weighted by Gasteiger charge is 2.26. The van der Waals surface area contributed by atoms with Gasteiger partial charge in [0.05, 0.1) is 5.92 Å². The molecule has 1 fully saturated rings. The van der Waals surface area contributed by atoms with Gasteiger partial charge in [0.15, 0.2) is 0 Å². The van der Waals surface area contributed by atoms with Gasteiger partial charge in [0.1, 0.15) is 6.61 Å². The van der Waals surface area contributed by atoms with E-state index >= 15 is 0 Å². The lowest BCUT2D eigenvalue weighted by atomic mass is 9.94. The van der Waals surface area contributed by atoms with E-state index in [2.05, 4.69) is 18.7 Å². The third-order valence-corrected chi connectivity index (χ3v) is 4.38. The van der Waals surface area contributed by atoms with Gasteiger partial charge in [0.25, 0.3) is 0 Å². The van der Waals surface area contributed by atoms with Crippen LogP contribution in [0.15, 0.2) is 30.3 Å². The number of hydrogen-bond donors (Lipinski definition) is 0. The lowest BCUT2D eigenvalue weighted by Crippen LogP contribution is -2.44. The summed E-state index contributed by atoms with van der Waals surface area (Å²) in [6.07, 6.45) is 2.53. The van der Waals surface area contributed by atoms with Crippen LogP contribution >= 0.6 is 0 Å². The zero-order chi connectivity index (χ0) is 15.2. The first-order valence-electron chi connectivity index (χ1n) is 8.01. The number of likely N-dealkylation sites (tertiary alicyclic amines) is 1. The van der Waals surface area contributed by atoms with Crippen molar-refractivity contribution < 1.29 is 9.53 Å². The van der Waals surface area contributed by atoms with Crippen LogP contribution in [-0.4, -0.2) is 30.0 Å². The number of benzene rings is 1. The van der Waals surface area contributed by atoms with Crippen molar-refractivity contribution in [1.29, 1.82) is 0 Å². The van der Waals surface area contributed by atoms with Gasteiger partial charge in [-0.25, -0.2) is 0 Å². The monoisotopic (exact) mass is 289 g/mol. The van der Waals surface area contributed by atoms with Gasteiger partial charge in [-0.3, -0.25) is 9.69 Å². The second-order valence-corrected chi connectivity index (χ2v) is 6.48. The zero-order valence-corrected chi connectivity index (χ0v) is 13.4. The molecule has 0 amide bonds. The summed E-state index contributed by atoms with van der Waals surface area (Å²) in [6, 6.07) is 10.4. The minimum Gasteiger partial charge on any atom is -0.461 e.